The van der Waals surface area contributed by atoms with Crippen LogP contribution in [0.25, 0.3) is 22.2 Å². The van der Waals surface area contributed by atoms with Crippen molar-refractivity contribution in [2.75, 3.05) is 7.11 Å². The third-order valence-electron chi connectivity index (χ3n) is 2.74. The summed E-state index contributed by atoms with van der Waals surface area (Å²) in [5.74, 6) is 0.598. The molecule has 4 nitrogen and oxygen atoms in total. The van der Waals surface area contributed by atoms with Crippen LogP contribution in [0.4, 0.5) is 0 Å². The van der Waals surface area contributed by atoms with Crippen molar-refractivity contribution in [1.29, 1.82) is 0 Å². The Morgan fingerprint density at radius 3 is 2.83 bits per heavy atom. The van der Waals surface area contributed by atoms with Crippen molar-refractivity contribution in [3.63, 3.8) is 0 Å². The quantitative estimate of drug-likeness (QED) is 0.789. The highest BCUT2D eigenvalue weighted by Gasteiger charge is 2.08. The number of benzene rings is 1. The first-order valence-electron chi connectivity index (χ1n) is 5.42. The molecule has 0 bridgehead atoms. The summed E-state index contributed by atoms with van der Waals surface area (Å²) in [4.78, 5) is 4.19. The molecule has 0 aliphatic rings. The van der Waals surface area contributed by atoms with Crippen molar-refractivity contribution in [3.8, 4) is 17.1 Å². The van der Waals surface area contributed by atoms with Crippen molar-refractivity contribution in [2.45, 2.75) is 0 Å². The van der Waals surface area contributed by atoms with E-state index in [2.05, 4.69) is 31.1 Å². The largest absolute Gasteiger partial charge is 0.481 e. The van der Waals surface area contributed by atoms with Crippen LogP contribution in [0, 0.1) is 0 Å². The average molecular weight is 304 g/mol. The summed E-state index contributed by atoms with van der Waals surface area (Å²) in [5.41, 5.74) is 2.85. The Bertz CT molecular complexity index is 691. The van der Waals surface area contributed by atoms with E-state index in [9.17, 15) is 0 Å². The van der Waals surface area contributed by atoms with E-state index in [0.29, 0.717) is 5.88 Å². The minimum Gasteiger partial charge on any atom is -0.481 e. The fraction of sp³-hybridized carbons (Fsp3) is 0.0769. The summed E-state index contributed by atoms with van der Waals surface area (Å²) in [6.07, 6.45) is 1.76. The summed E-state index contributed by atoms with van der Waals surface area (Å²) in [6.45, 7) is 0. The summed E-state index contributed by atoms with van der Waals surface area (Å²) in [7, 11) is 1.60. The summed E-state index contributed by atoms with van der Waals surface area (Å²) in [5, 5.41) is 8.43. The van der Waals surface area contributed by atoms with Gasteiger partial charge in [-0.25, -0.2) is 4.98 Å². The fourth-order valence-corrected chi connectivity index (χ4v) is 2.21. The number of fused-ring (bicyclic) bond motifs is 1. The van der Waals surface area contributed by atoms with E-state index in [4.69, 9.17) is 4.74 Å². The standard InChI is InChI=1S/C13H10BrN3O/c1-18-12-5-2-8(7-15-12)13-10-4-3-9(14)6-11(10)16-17-13/h2-7H,1H3,(H,16,17). The molecule has 1 N–H and O–H groups in total. The second-order valence-electron chi connectivity index (χ2n) is 3.85. The van der Waals surface area contributed by atoms with Crippen LogP contribution in [0.5, 0.6) is 5.88 Å². The number of nitrogens with zero attached hydrogens (tertiary/aromatic N) is 2. The molecule has 3 aromatic rings. The maximum Gasteiger partial charge on any atom is 0.212 e. The summed E-state index contributed by atoms with van der Waals surface area (Å²) >= 11 is 3.44. The van der Waals surface area contributed by atoms with Gasteiger partial charge in [0, 0.05) is 27.7 Å². The van der Waals surface area contributed by atoms with Gasteiger partial charge in [0.2, 0.25) is 5.88 Å². The molecule has 0 saturated heterocycles. The topological polar surface area (TPSA) is 50.8 Å². The lowest BCUT2D eigenvalue weighted by atomic mass is 10.1. The first kappa shape index (κ1) is 11.2. The molecule has 0 aliphatic heterocycles. The molecule has 0 saturated carbocycles. The van der Waals surface area contributed by atoms with Crippen molar-refractivity contribution in [1.82, 2.24) is 15.2 Å². The number of methoxy groups -OCH3 is 1. The number of pyridine rings is 1. The molecule has 0 aliphatic carbocycles. The second kappa shape index (κ2) is 4.42. The van der Waals surface area contributed by atoms with Crippen LogP contribution >= 0.6 is 15.9 Å². The number of rotatable bonds is 2. The Balaban J connectivity index is 2.13. The zero-order chi connectivity index (χ0) is 12.5. The molecule has 0 unspecified atom stereocenters. The second-order valence-corrected chi connectivity index (χ2v) is 4.77. The van der Waals surface area contributed by atoms with Gasteiger partial charge in [-0.15, -0.1) is 0 Å². The van der Waals surface area contributed by atoms with E-state index in [1.54, 1.807) is 13.3 Å². The highest BCUT2D eigenvalue weighted by atomic mass is 79.9. The van der Waals surface area contributed by atoms with E-state index in [0.717, 1.165) is 26.6 Å². The van der Waals surface area contributed by atoms with E-state index in [-0.39, 0.29) is 0 Å². The van der Waals surface area contributed by atoms with Gasteiger partial charge in [0.05, 0.1) is 12.6 Å². The lowest BCUT2D eigenvalue weighted by Crippen LogP contribution is -1.87. The Labute approximate surface area is 112 Å². The van der Waals surface area contributed by atoms with E-state index in [1.165, 1.54) is 0 Å². The fourth-order valence-electron chi connectivity index (χ4n) is 1.85. The Morgan fingerprint density at radius 2 is 2.11 bits per heavy atom. The number of H-pyrrole nitrogens is 1. The minimum absolute atomic E-state index is 0.598. The van der Waals surface area contributed by atoms with Crippen LogP contribution in [0.2, 0.25) is 0 Å². The molecule has 18 heavy (non-hydrogen) atoms. The van der Waals surface area contributed by atoms with E-state index < -0.39 is 0 Å². The summed E-state index contributed by atoms with van der Waals surface area (Å²) < 4.78 is 6.07. The van der Waals surface area contributed by atoms with Crippen molar-refractivity contribution >= 4 is 26.8 Å². The molecule has 1 aromatic carbocycles. The molecule has 5 heteroatoms. The molecule has 90 valence electrons. The van der Waals surface area contributed by atoms with Gasteiger partial charge in [0.25, 0.3) is 0 Å². The average Bonchev–Trinajstić information content (AvgIpc) is 2.81. The molecule has 0 amide bonds. The van der Waals surface area contributed by atoms with Gasteiger partial charge < -0.3 is 4.74 Å². The SMILES string of the molecule is COc1ccc(-c2n[nH]c3cc(Br)ccc23)cn1. The maximum atomic E-state index is 5.04. The van der Waals surface area contributed by atoms with Crippen molar-refractivity contribution < 1.29 is 4.74 Å². The van der Waals surface area contributed by atoms with Crippen LogP contribution in [-0.2, 0) is 0 Å². The molecular weight excluding hydrogens is 294 g/mol. The number of nitrogens with one attached hydrogen (secondary N) is 1. The first-order valence-corrected chi connectivity index (χ1v) is 6.21. The number of hydrogen-bond donors (Lipinski definition) is 1. The van der Waals surface area contributed by atoms with Gasteiger partial charge in [-0.1, -0.05) is 15.9 Å². The van der Waals surface area contributed by atoms with Crippen LogP contribution in [0.15, 0.2) is 41.0 Å². The molecule has 0 radical (unpaired) electrons. The number of aromatic amines is 1. The third kappa shape index (κ3) is 1.86. The normalized spacial score (nSPS) is 10.8. The third-order valence-corrected chi connectivity index (χ3v) is 3.24. The Kier molecular flexibility index (Phi) is 2.76. The predicted molar refractivity (Wildman–Crippen MR) is 73.6 cm³/mol. The lowest BCUT2D eigenvalue weighted by Gasteiger charge is -2.00. The number of hydrogen-bond acceptors (Lipinski definition) is 3. The van der Waals surface area contributed by atoms with Crippen LogP contribution in [0.1, 0.15) is 0 Å². The predicted octanol–water partition coefficient (Wildman–Crippen LogP) is 3.40. The minimum atomic E-state index is 0.598. The smallest absolute Gasteiger partial charge is 0.212 e. The maximum absolute atomic E-state index is 5.04. The first-order chi connectivity index (χ1) is 8.78. The van der Waals surface area contributed by atoms with Gasteiger partial charge in [-0.3, -0.25) is 5.10 Å². The molecule has 0 fully saturated rings. The zero-order valence-corrected chi connectivity index (χ0v) is 11.2. The summed E-state index contributed by atoms with van der Waals surface area (Å²) in [6, 6.07) is 9.81. The van der Waals surface area contributed by atoms with Crippen LogP contribution in [-0.4, -0.2) is 22.3 Å². The Morgan fingerprint density at radius 1 is 1.22 bits per heavy atom. The highest BCUT2D eigenvalue weighted by molar-refractivity contribution is 9.10. The zero-order valence-electron chi connectivity index (χ0n) is 9.64. The highest BCUT2D eigenvalue weighted by Crippen LogP contribution is 2.28. The molecule has 3 rings (SSSR count). The molecule has 0 spiro atoms. The van der Waals surface area contributed by atoms with E-state index >= 15 is 0 Å². The molecule has 2 aromatic heterocycles. The Hall–Kier alpha value is -1.88. The molecule has 2 heterocycles. The lowest BCUT2D eigenvalue weighted by molar-refractivity contribution is 0.398. The number of halogens is 1. The van der Waals surface area contributed by atoms with Crippen molar-refractivity contribution in [3.05, 3.63) is 41.0 Å². The van der Waals surface area contributed by atoms with Gasteiger partial charge in [-0.05, 0) is 24.3 Å². The van der Waals surface area contributed by atoms with Gasteiger partial charge in [-0.2, -0.15) is 5.10 Å². The molecule has 0 atom stereocenters. The van der Waals surface area contributed by atoms with Crippen molar-refractivity contribution in [2.24, 2.45) is 0 Å². The number of aromatic nitrogens is 3. The number of ether oxygens (including phenoxy) is 1. The van der Waals surface area contributed by atoms with Gasteiger partial charge >= 0.3 is 0 Å². The van der Waals surface area contributed by atoms with E-state index in [1.807, 2.05) is 30.3 Å². The van der Waals surface area contributed by atoms with Gasteiger partial charge in [0.1, 0.15) is 5.69 Å². The van der Waals surface area contributed by atoms with Crippen LogP contribution < -0.4 is 4.74 Å². The molecular formula is C13H10BrN3O. The van der Waals surface area contributed by atoms with Crippen LogP contribution in [0.3, 0.4) is 0 Å². The van der Waals surface area contributed by atoms with Gasteiger partial charge in [0.15, 0.2) is 0 Å². The monoisotopic (exact) mass is 303 g/mol.